The van der Waals surface area contributed by atoms with Crippen LogP contribution in [0, 0.1) is 0 Å². The third kappa shape index (κ3) is 2.96. The van der Waals surface area contributed by atoms with E-state index in [-0.39, 0.29) is 4.90 Å². The van der Waals surface area contributed by atoms with Crippen LogP contribution in [0.4, 0.5) is 0 Å². The van der Waals surface area contributed by atoms with Gasteiger partial charge in [-0.1, -0.05) is 22.0 Å². The molecule has 0 aromatic heterocycles. The first-order chi connectivity index (χ1) is 8.96. The van der Waals surface area contributed by atoms with Crippen LogP contribution >= 0.6 is 27.7 Å². The van der Waals surface area contributed by atoms with E-state index >= 15 is 0 Å². The third-order valence-electron chi connectivity index (χ3n) is 2.65. The maximum absolute atomic E-state index is 12.5. The summed E-state index contributed by atoms with van der Waals surface area (Å²) in [7, 11) is -2.43. The average Bonchev–Trinajstić information content (AvgIpc) is 2.87. The number of hydrogen-bond acceptors (Lipinski definition) is 5. The number of benzene rings is 1. The Hall–Kier alpha value is -0.570. The van der Waals surface area contributed by atoms with Crippen LogP contribution in [0.1, 0.15) is 0 Å². The number of esters is 1. The summed E-state index contributed by atoms with van der Waals surface area (Å²) in [5, 5.41) is -0.797. The molecule has 0 bridgehead atoms. The molecule has 104 valence electrons. The van der Waals surface area contributed by atoms with Gasteiger partial charge in [0.1, 0.15) is 0 Å². The monoisotopic (exact) mass is 365 g/mol. The largest absolute Gasteiger partial charge is 0.467 e. The molecule has 0 radical (unpaired) electrons. The molecule has 1 aromatic carbocycles. The van der Waals surface area contributed by atoms with E-state index < -0.39 is 21.4 Å². The number of methoxy groups -OCH3 is 1. The van der Waals surface area contributed by atoms with E-state index in [1.807, 2.05) is 0 Å². The van der Waals surface area contributed by atoms with Crippen LogP contribution in [-0.4, -0.2) is 43.5 Å². The molecule has 1 heterocycles. The molecule has 0 aliphatic carbocycles. The van der Waals surface area contributed by atoms with E-state index in [1.165, 1.54) is 35.3 Å². The zero-order valence-electron chi connectivity index (χ0n) is 10.1. The second-order valence-corrected chi connectivity index (χ2v) is 7.81. The fourth-order valence-electron chi connectivity index (χ4n) is 1.75. The Bertz CT molecular complexity index is 590. The number of halogens is 1. The van der Waals surface area contributed by atoms with Gasteiger partial charge in [-0.15, -0.1) is 11.8 Å². The molecular formula is C11H12BrNO4S2. The van der Waals surface area contributed by atoms with Crippen molar-refractivity contribution in [2.75, 3.05) is 19.4 Å². The van der Waals surface area contributed by atoms with Gasteiger partial charge in [0.25, 0.3) is 0 Å². The molecule has 0 amide bonds. The first-order valence-electron chi connectivity index (χ1n) is 5.43. The highest BCUT2D eigenvalue weighted by Crippen LogP contribution is 2.31. The van der Waals surface area contributed by atoms with Crippen LogP contribution in [0.3, 0.4) is 0 Å². The van der Waals surface area contributed by atoms with E-state index in [1.54, 1.807) is 12.1 Å². The van der Waals surface area contributed by atoms with Crippen molar-refractivity contribution in [3.63, 3.8) is 0 Å². The van der Waals surface area contributed by atoms with Crippen molar-refractivity contribution in [1.29, 1.82) is 0 Å². The second-order valence-electron chi connectivity index (χ2n) is 3.82. The smallest absolute Gasteiger partial charge is 0.334 e. The molecule has 0 spiro atoms. The Balaban J connectivity index is 2.36. The average molecular weight is 366 g/mol. The quantitative estimate of drug-likeness (QED) is 0.762. The van der Waals surface area contributed by atoms with E-state index in [4.69, 9.17) is 0 Å². The van der Waals surface area contributed by atoms with Crippen molar-refractivity contribution in [2.45, 2.75) is 10.3 Å². The Morgan fingerprint density at radius 1 is 1.53 bits per heavy atom. The number of sulfonamides is 1. The molecule has 1 atom stereocenters. The fraction of sp³-hybridized carbons (Fsp3) is 0.364. The lowest BCUT2D eigenvalue weighted by atomic mass is 10.4. The molecule has 0 saturated carbocycles. The molecule has 1 unspecified atom stereocenters. The molecule has 2 rings (SSSR count). The van der Waals surface area contributed by atoms with Gasteiger partial charge in [0.15, 0.2) is 5.37 Å². The Morgan fingerprint density at radius 3 is 2.89 bits per heavy atom. The van der Waals surface area contributed by atoms with Gasteiger partial charge >= 0.3 is 5.97 Å². The van der Waals surface area contributed by atoms with Crippen LogP contribution in [0.25, 0.3) is 0 Å². The van der Waals surface area contributed by atoms with Gasteiger partial charge in [-0.3, -0.25) is 0 Å². The molecule has 1 aromatic rings. The Labute approximate surface area is 124 Å². The summed E-state index contributed by atoms with van der Waals surface area (Å²) in [5.41, 5.74) is 0. The van der Waals surface area contributed by atoms with Gasteiger partial charge in [0, 0.05) is 16.8 Å². The Morgan fingerprint density at radius 2 is 2.26 bits per heavy atom. The van der Waals surface area contributed by atoms with Crippen molar-refractivity contribution in [1.82, 2.24) is 4.31 Å². The van der Waals surface area contributed by atoms with E-state index in [2.05, 4.69) is 20.7 Å². The maximum Gasteiger partial charge on any atom is 0.334 e. The molecule has 8 heteroatoms. The summed E-state index contributed by atoms with van der Waals surface area (Å²) in [6.07, 6.45) is 0. The van der Waals surface area contributed by atoms with Gasteiger partial charge in [-0.05, 0) is 18.2 Å². The summed E-state index contributed by atoms with van der Waals surface area (Å²) < 4.78 is 31.5. The highest BCUT2D eigenvalue weighted by atomic mass is 79.9. The normalized spacial score (nSPS) is 20.4. The predicted molar refractivity (Wildman–Crippen MR) is 76.3 cm³/mol. The van der Waals surface area contributed by atoms with Crippen molar-refractivity contribution < 1.29 is 17.9 Å². The number of nitrogens with zero attached hydrogens (tertiary/aromatic N) is 1. The lowest BCUT2D eigenvalue weighted by molar-refractivity contribution is -0.141. The SMILES string of the molecule is COC(=O)C1SCCN1S(=O)(=O)c1cccc(Br)c1. The number of thioether (sulfide) groups is 1. The summed E-state index contributed by atoms with van der Waals surface area (Å²) in [4.78, 5) is 11.8. The minimum absolute atomic E-state index is 0.165. The number of ether oxygens (including phenoxy) is 1. The maximum atomic E-state index is 12.5. The zero-order valence-corrected chi connectivity index (χ0v) is 13.3. The van der Waals surface area contributed by atoms with Crippen LogP contribution in [0.5, 0.6) is 0 Å². The standard InChI is InChI=1S/C11H12BrNO4S2/c1-17-11(14)10-13(5-6-18-10)19(15,16)9-4-2-3-8(12)7-9/h2-4,7,10H,5-6H2,1H3. The van der Waals surface area contributed by atoms with Crippen LogP contribution in [0.15, 0.2) is 33.6 Å². The zero-order chi connectivity index (χ0) is 14.0. The minimum Gasteiger partial charge on any atom is -0.467 e. The van der Waals surface area contributed by atoms with Crippen LogP contribution in [0.2, 0.25) is 0 Å². The first-order valence-corrected chi connectivity index (χ1v) is 8.72. The van der Waals surface area contributed by atoms with E-state index in [9.17, 15) is 13.2 Å². The molecule has 19 heavy (non-hydrogen) atoms. The highest BCUT2D eigenvalue weighted by molar-refractivity contribution is 9.10. The number of carbonyl (C=O) groups is 1. The predicted octanol–water partition coefficient (Wildman–Crippen LogP) is 1.69. The van der Waals surface area contributed by atoms with E-state index in [0.717, 1.165) is 0 Å². The first kappa shape index (κ1) is 14.8. The lowest BCUT2D eigenvalue weighted by Crippen LogP contribution is -2.39. The molecule has 1 aliphatic heterocycles. The van der Waals surface area contributed by atoms with Crippen molar-refractivity contribution >= 4 is 43.7 Å². The molecule has 0 N–H and O–H groups in total. The van der Waals surface area contributed by atoms with Gasteiger partial charge in [-0.25, -0.2) is 13.2 Å². The number of hydrogen-bond donors (Lipinski definition) is 0. The Kier molecular flexibility index (Phi) is 4.54. The van der Waals surface area contributed by atoms with E-state index in [0.29, 0.717) is 16.8 Å². The summed E-state index contributed by atoms with van der Waals surface area (Å²) in [5.74, 6) is 0.0357. The molecule has 1 aliphatic rings. The van der Waals surface area contributed by atoms with Gasteiger partial charge in [0.2, 0.25) is 10.0 Å². The lowest BCUT2D eigenvalue weighted by Gasteiger charge is -2.21. The van der Waals surface area contributed by atoms with Crippen LogP contribution < -0.4 is 0 Å². The van der Waals surface area contributed by atoms with Crippen LogP contribution in [-0.2, 0) is 19.6 Å². The molecule has 1 saturated heterocycles. The summed E-state index contributed by atoms with van der Waals surface area (Å²) in [6.45, 7) is 0.305. The minimum atomic E-state index is -3.68. The number of carbonyl (C=O) groups excluding carboxylic acids is 1. The van der Waals surface area contributed by atoms with Crippen molar-refractivity contribution in [2.24, 2.45) is 0 Å². The third-order valence-corrected chi connectivity index (χ3v) is 6.32. The van der Waals surface area contributed by atoms with Crippen molar-refractivity contribution in [3.05, 3.63) is 28.7 Å². The van der Waals surface area contributed by atoms with Gasteiger partial charge < -0.3 is 4.74 Å². The highest BCUT2D eigenvalue weighted by Gasteiger charge is 2.40. The molecular weight excluding hydrogens is 354 g/mol. The van der Waals surface area contributed by atoms with Gasteiger partial charge in [-0.2, -0.15) is 4.31 Å². The fourth-order valence-corrected chi connectivity index (χ4v) is 5.44. The summed E-state index contributed by atoms with van der Waals surface area (Å²) >= 11 is 4.51. The summed E-state index contributed by atoms with van der Waals surface area (Å²) in [6, 6.07) is 6.42. The topological polar surface area (TPSA) is 63.7 Å². The van der Waals surface area contributed by atoms with Gasteiger partial charge in [0.05, 0.1) is 12.0 Å². The van der Waals surface area contributed by atoms with Crippen molar-refractivity contribution in [3.8, 4) is 0 Å². The molecule has 5 nitrogen and oxygen atoms in total. The molecule has 1 fully saturated rings. The second kappa shape index (κ2) is 5.82. The number of rotatable bonds is 3.